The molecule has 3 aromatic carbocycles. The van der Waals surface area contributed by atoms with Gasteiger partial charge in [0.2, 0.25) is 6.41 Å². The van der Waals surface area contributed by atoms with Crippen molar-refractivity contribution in [2.75, 3.05) is 6.54 Å². The summed E-state index contributed by atoms with van der Waals surface area (Å²) in [6.07, 6.45) is -1.84. The van der Waals surface area contributed by atoms with Gasteiger partial charge in [-0.3, -0.25) is 10.1 Å². The number of ether oxygens (including phenoxy) is 2. The fourth-order valence-electron chi connectivity index (χ4n) is 4.40. The largest absolute Gasteiger partial charge is 0.484 e. The number of rotatable bonds is 9. The summed E-state index contributed by atoms with van der Waals surface area (Å²) in [4.78, 5) is 12.7. The number of fused-ring (bicyclic) bond motifs is 1. The zero-order valence-electron chi connectivity index (χ0n) is 20.1. The average Bonchev–Trinajstić information content (AvgIpc) is 2.86. The number of halogens is 1. The first-order valence-corrected chi connectivity index (χ1v) is 12.4. The summed E-state index contributed by atoms with van der Waals surface area (Å²) in [5, 5.41) is 34.2. The SMILES string of the molecule is CC1(C)Oc2cc([N+](=O)[O-])c(Br)cc2[C@H](N(CCc2ccccc2)C(O)OCc2ccccc2)[C@H]1O. The van der Waals surface area contributed by atoms with Crippen molar-refractivity contribution in [2.24, 2.45) is 0 Å². The molecule has 36 heavy (non-hydrogen) atoms. The van der Waals surface area contributed by atoms with E-state index in [4.69, 9.17) is 9.47 Å². The average molecular weight is 557 g/mol. The highest BCUT2D eigenvalue weighted by atomic mass is 79.9. The maximum atomic E-state index is 11.5. The summed E-state index contributed by atoms with van der Waals surface area (Å²) in [5.74, 6) is 0.283. The summed E-state index contributed by atoms with van der Waals surface area (Å²) >= 11 is 3.28. The molecule has 1 aliphatic heterocycles. The number of nitro benzene ring substituents is 1. The molecule has 0 saturated heterocycles. The maximum absolute atomic E-state index is 11.5. The zero-order valence-corrected chi connectivity index (χ0v) is 21.7. The van der Waals surface area contributed by atoms with Gasteiger partial charge in [0.25, 0.3) is 5.69 Å². The molecule has 8 nitrogen and oxygen atoms in total. The number of aliphatic hydroxyl groups excluding tert-OH is 2. The molecule has 0 aromatic heterocycles. The van der Waals surface area contributed by atoms with Crippen LogP contribution in [0.1, 0.15) is 36.6 Å². The van der Waals surface area contributed by atoms with E-state index in [0.29, 0.717) is 18.5 Å². The molecule has 1 unspecified atom stereocenters. The Labute approximate surface area is 218 Å². The fourth-order valence-corrected chi connectivity index (χ4v) is 4.91. The fraction of sp³-hybridized carbons (Fsp3) is 0.333. The van der Waals surface area contributed by atoms with Crippen LogP contribution in [0.25, 0.3) is 0 Å². The molecule has 2 N–H and O–H groups in total. The lowest BCUT2D eigenvalue weighted by Crippen LogP contribution is -2.56. The van der Waals surface area contributed by atoms with E-state index < -0.39 is 29.1 Å². The minimum atomic E-state index is -1.36. The van der Waals surface area contributed by atoms with E-state index >= 15 is 0 Å². The molecule has 4 rings (SSSR count). The molecule has 0 spiro atoms. The van der Waals surface area contributed by atoms with Crippen LogP contribution >= 0.6 is 15.9 Å². The van der Waals surface area contributed by atoms with Gasteiger partial charge in [-0.1, -0.05) is 60.7 Å². The molecule has 0 saturated carbocycles. The van der Waals surface area contributed by atoms with Crippen molar-refractivity contribution in [2.45, 2.75) is 51.0 Å². The van der Waals surface area contributed by atoms with Crippen LogP contribution in [-0.4, -0.2) is 44.7 Å². The van der Waals surface area contributed by atoms with Gasteiger partial charge < -0.3 is 19.7 Å². The molecule has 1 heterocycles. The van der Waals surface area contributed by atoms with Crippen molar-refractivity contribution in [3.05, 3.63) is 104 Å². The Balaban J connectivity index is 1.71. The molecule has 0 fully saturated rings. The molecular formula is C27H29BrN2O6. The second kappa shape index (κ2) is 11.1. The van der Waals surface area contributed by atoms with Crippen LogP contribution in [0.2, 0.25) is 0 Å². The molecule has 1 aliphatic rings. The van der Waals surface area contributed by atoms with Crippen molar-refractivity contribution in [1.29, 1.82) is 0 Å². The Morgan fingerprint density at radius 3 is 2.33 bits per heavy atom. The second-order valence-corrected chi connectivity index (χ2v) is 10.1. The number of aliphatic hydroxyl groups is 2. The highest BCUT2D eigenvalue weighted by Gasteiger charge is 2.47. The lowest BCUT2D eigenvalue weighted by atomic mass is 9.85. The van der Waals surface area contributed by atoms with Gasteiger partial charge in [-0.25, -0.2) is 4.90 Å². The number of benzene rings is 3. The smallest absolute Gasteiger partial charge is 0.287 e. The number of nitro groups is 1. The van der Waals surface area contributed by atoms with Gasteiger partial charge >= 0.3 is 0 Å². The van der Waals surface area contributed by atoms with Gasteiger partial charge in [-0.2, -0.15) is 0 Å². The standard InChI is InChI=1S/C27H29BrN2O6/c1-27(2)25(31)24(20-15-21(28)22(30(33)34)16-23(20)36-27)29(14-13-18-9-5-3-6-10-18)26(32)35-17-19-11-7-4-8-12-19/h3-12,15-16,24-26,31-32H,13-14,17H2,1-2H3/t24-,25+,26?/m0/s1. The topological polar surface area (TPSA) is 105 Å². The van der Waals surface area contributed by atoms with Crippen LogP contribution in [0.5, 0.6) is 5.75 Å². The minimum Gasteiger partial charge on any atom is -0.484 e. The molecule has 9 heteroatoms. The van der Waals surface area contributed by atoms with E-state index in [2.05, 4.69) is 15.9 Å². The van der Waals surface area contributed by atoms with Crippen molar-refractivity contribution in [3.8, 4) is 5.75 Å². The summed E-state index contributed by atoms with van der Waals surface area (Å²) in [6.45, 7) is 3.96. The van der Waals surface area contributed by atoms with Crippen molar-refractivity contribution < 1.29 is 24.6 Å². The normalized spacial score (nSPS) is 19.4. The van der Waals surface area contributed by atoms with Crippen LogP contribution in [-0.2, 0) is 17.8 Å². The molecule has 0 bridgehead atoms. The summed E-state index contributed by atoms with van der Waals surface area (Å²) < 4.78 is 12.1. The van der Waals surface area contributed by atoms with E-state index in [0.717, 1.165) is 11.1 Å². The van der Waals surface area contributed by atoms with Crippen LogP contribution in [0.15, 0.2) is 77.3 Å². The monoisotopic (exact) mass is 556 g/mol. The van der Waals surface area contributed by atoms with Crippen LogP contribution in [0.4, 0.5) is 5.69 Å². The lowest BCUT2D eigenvalue weighted by Gasteiger charge is -2.47. The van der Waals surface area contributed by atoms with Gasteiger partial charge in [0.1, 0.15) is 17.5 Å². The van der Waals surface area contributed by atoms with E-state index in [1.54, 1.807) is 24.8 Å². The zero-order chi connectivity index (χ0) is 25.9. The van der Waals surface area contributed by atoms with Crippen LogP contribution < -0.4 is 4.74 Å². The van der Waals surface area contributed by atoms with Gasteiger partial charge in [-0.15, -0.1) is 0 Å². The Bertz CT molecular complexity index is 1190. The summed E-state index contributed by atoms with van der Waals surface area (Å²) in [7, 11) is 0. The summed E-state index contributed by atoms with van der Waals surface area (Å²) in [5.41, 5.74) is 1.25. The van der Waals surface area contributed by atoms with Gasteiger partial charge in [0, 0.05) is 12.1 Å². The number of hydrogen-bond donors (Lipinski definition) is 2. The molecule has 0 amide bonds. The van der Waals surface area contributed by atoms with E-state index in [9.17, 15) is 20.3 Å². The van der Waals surface area contributed by atoms with E-state index in [-0.39, 0.29) is 22.5 Å². The van der Waals surface area contributed by atoms with Gasteiger partial charge in [0.15, 0.2) is 0 Å². The quantitative estimate of drug-likeness (QED) is 0.218. The third-order valence-corrected chi connectivity index (χ3v) is 7.00. The lowest BCUT2D eigenvalue weighted by molar-refractivity contribution is -0.385. The third-order valence-electron chi connectivity index (χ3n) is 6.36. The Morgan fingerprint density at radius 1 is 1.11 bits per heavy atom. The van der Waals surface area contributed by atoms with Crippen molar-refractivity contribution >= 4 is 21.6 Å². The first-order valence-electron chi connectivity index (χ1n) is 11.7. The summed E-state index contributed by atoms with van der Waals surface area (Å²) in [6, 6.07) is 21.5. The first kappa shape index (κ1) is 26.2. The minimum absolute atomic E-state index is 0.142. The van der Waals surface area contributed by atoms with Crippen molar-refractivity contribution in [1.82, 2.24) is 4.90 Å². The predicted molar refractivity (Wildman–Crippen MR) is 138 cm³/mol. The van der Waals surface area contributed by atoms with Gasteiger partial charge in [-0.05, 0) is 53.4 Å². The van der Waals surface area contributed by atoms with Crippen LogP contribution in [0, 0.1) is 10.1 Å². The molecule has 0 radical (unpaired) electrons. The Kier molecular flexibility index (Phi) is 8.07. The maximum Gasteiger partial charge on any atom is 0.287 e. The van der Waals surface area contributed by atoms with E-state index in [1.807, 2.05) is 60.7 Å². The number of nitrogens with zero attached hydrogens (tertiary/aromatic N) is 2. The molecule has 3 atom stereocenters. The Morgan fingerprint density at radius 2 is 1.72 bits per heavy atom. The highest BCUT2D eigenvalue weighted by molar-refractivity contribution is 9.10. The molecule has 3 aromatic rings. The number of hydrogen-bond acceptors (Lipinski definition) is 7. The highest BCUT2D eigenvalue weighted by Crippen LogP contribution is 2.47. The van der Waals surface area contributed by atoms with Gasteiger partial charge in [0.05, 0.1) is 28.1 Å². The predicted octanol–water partition coefficient (Wildman–Crippen LogP) is 4.97. The van der Waals surface area contributed by atoms with Crippen LogP contribution in [0.3, 0.4) is 0 Å². The Hall–Kier alpha value is -2.82. The third kappa shape index (κ3) is 5.77. The first-order chi connectivity index (χ1) is 17.2. The second-order valence-electron chi connectivity index (χ2n) is 9.29. The molecule has 0 aliphatic carbocycles. The molecule has 190 valence electrons. The van der Waals surface area contributed by atoms with E-state index in [1.165, 1.54) is 6.07 Å². The molecular weight excluding hydrogens is 528 g/mol. The van der Waals surface area contributed by atoms with Crippen molar-refractivity contribution in [3.63, 3.8) is 0 Å².